The highest BCUT2D eigenvalue weighted by Crippen LogP contribution is 2.32. The van der Waals surface area contributed by atoms with Crippen molar-refractivity contribution in [2.75, 3.05) is 13.2 Å². The van der Waals surface area contributed by atoms with Crippen LogP contribution in [-0.2, 0) is 20.9 Å². The van der Waals surface area contributed by atoms with Crippen LogP contribution in [0.5, 0.6) is 5.75 Å². The first-order valence-electron chi connectivity index (χ1n) is 8.95. The molecule has 0 aliphatic carbocycles. The molecular weight excluding hydrogens is 433 g/mol. The largest absolute Gasteiger partial charge is 0.489 e. The zero-order chi connectivity index (χ0) is 21.7. The van der Waals surface area contributed by atoms with Gasteiger partial charge in [-0.1, -0.05) is 29.8 Å². The second-order valence-electron chi connectivity index (χ2n) is 6.13. The molecule has 30 heavy (non-hydrogen) atoms. The average Bonchev–Trinajstić information content (AvgIpc) is 2.95. The number of nitrogens with zero attached hydrogens (tertiary/aromatic N) is 1. The lowest BCUT2D eigenvalue weighted by molar-refractivity contribution is -0.145. The minimum Gasteiger partial charge on any atom is -0.489 e. The Balaban J connectivity index is 1.71. The highest BCUT2D eigenvalue weighted by molar-refractivity contribution is 8.18. The third-order valence-electron chi connectivity index (χ3n) is 4.07. The highest BCUT2D eigenvalue weighted by Gasteiger charge is 2.36. The van der Waals surface area contributed by atoms with Crippen molar-refractivity contribution in [2.45, 2.75) is 13.5 Å². The number of carbonyl (C=O) groups is 3. The van der Waals surface area contributed by atoms with Crippen molar-refractivity contribution < 1.29 is 28.2 Å². The molecule has 2 aromatic rings. The smallest absolute Gasteiger partial charge is 0.326 e. The van der Waals surface area contributed by atoms with Crippen LogP contribution in [0.15, 0.2) is 47.4 Å². The van der Waals surface area contributed by atoms with Gasteiger partial charge in [-0.2, -0.15) is 0 Å². The van der Waals surface area contributed by atoms with Crippen molar-refractivity contribution in [3.05, 3.63) is 69.3 Å². The topological polar surface area (TPSA) is 72.9 Å². The molecule has 6 nitrogen and oxygen atoms in total. The van der Waals surface area contributed by atoms with Gasteiger partial charge in [0.1, 0.15) is 24.7 Å². The lowest BCUT2D eigenvalue weighted by Crippen LogP contribution is -2.34. The Morgan fingerprint density at radius 2 is 2.00 bits per heavy atom. The number of imide groups is 1. The van der Waals surface area contributed by atoms with Crippen LogP contribution >= 0.6 is 23.4 Å². The van der Waals surface area contributed by atoms with E-state index in [0.717, 1.165) is 16.7 Å². The second kappa shape index (κ2) is 9.77. The van der Waals surface area contributed by atoms with Crippen LogP contribution in [0.1, 0.15) is 18.1 Å². The summed E-state index contributed by atoms with van der Waals surface area (Å²) in [5.41, 5.74) is 0.846. The zero-order valence-corrected chi connectivity index (χ0v) is 17.5. The van der Waals surface area contributed by atoms with Crippen LogP contribution in [0.4, 0.5) is 9.18 Å². The second-order valence-corrected chi connectivity index (χ2v) is 7.53. The summed E-state index contributed by atoms with van der Waals surface area (Å²) in [5.74, 6) is -1.24. The molecule has 0 N–H and O–H groups in total. The predicted molar refractivity (Wildman–Crippen MR) is 111 cm³/mol. The van der Waals surface area contributed by atoms with Crippen molar-refractivity contribution >= 4 is 46.6 Å². The van der Waals surface area contributed by atoms with E-state index >= 15 is 0 Å². The number of rotatable bonds is 7. The lowest BCUT2D eigenvalue weighted by atomic mass is 10.2. The molecule has 0 aromatic heterocycles. The molecule has 0 unspecified atom stereocenters. The SMILES string of the molecule is CCOC(=O)CN1C(=O)S/C(=C/c2cccc(OCc3c(F)cccc3Cl)c2)C1=O. The summed E-state index contributed by atoms with van der Waals surface area (Å²) < 4.78 is 24.3. The van der Waals surface area contributed by atoms with Gasteiger partial charge in [-0.05, 0) is 54.6 Å². The quantitative estimate of drug-likeness (QED) is 0.452. The van der Waals surface area contributed by atoms with E-state index in [1.807, 2.05) is 0 Å². The Labute approximate surface area is 181 Å². The van der Waals surface area contributed by atoms with E-state index in [2.05, 4.69) is 0 Å². The van der Waals surface area contributed by atoms with Gasteiger partial charge in [-0.25, -0.2) is 4.39 Å². The number of hydrogen-bond donors (Lipinski definition) is 0. The van der Waals surface area contributed by atoms with Gasteiger partial charge in [0.05, 0.1) is 16.5 Å². The number of hydrogen-bond acceptors (Lipinski definition) is 6. The predicted octanol–water partition coefficient (Wildman–Crippen LogP) is 4.66. The third-order valence-corrected chi connectivity index (χ3v) is 5.33. The van der Waals surface area contributed by atoms with Gasteiger partial charge in [0.15, 0.2) is 0 Å². The van der Waals surface area contributed by atoms with E-state index in [4.69, 9.17) is 21.1 Å². The van der Waals surface area contributed by atoms with E-state index < -0.39 is 29.5 Å². The van der Waals surface area contributed by atoms with Gasteiger partial charge in [0, 0.05) is 5.56 Å². The molecular formula is C21H17ClFNO5S. The fourth-order valence-electron chi connectivity index (χ4n) is 2.64. The monoisotopic (exact) mass is 449 g/mol. The Morgan fingerprint density at radius 3 is 2.73 bits per heavy atom. The molecule has 0 saturated carbocycles. The number of ether oxygens (including phenoxy) is 2. The Morgan fingerprint density at radius 1 is 1.23 bits per heavy atom. The molecule has 1 aliphatic heterocycles. The van der Waals surface area contributed by atoms with Gasteiger partial charge in [-0.3, -0.25) is 19.3 Å². The number of thioether (sulfide) groups is 1. The van der Waals surface area contributed by atoms with Crippen molar-refractivity contribution in [3.63, 3.8) is 0 Å². The molecule has 1 fully saturated rings. The molecule has 1 aliphatic rings. The minimum absolute atomic E-state index is 0.0645. The van der Waals surface area contributed by atoms with Crippen LogP contribution in [0.2, 0.25) is 5.02 Å². The number of carbonyl (C=O) groups excluding carboxylic acids is 3. The number of amides is 2. The fourth-order valence-corrected chi connectivity index (χ4v) is 3.70. The van der Waals surface area contributed by atoms with Crippen LogP contribution in [0.3, 0.4) is 0 Å². The molecule has 0 spiro atoms. The van der Waals surface area contributed by atoms with E-state index in [9.17, 15) is 18.8 Å². The van der Waals surface area contributed by atoms with Gasteiger partial charge in [0.25, 0.3) is 11.1 Å². The summed E-state index contributed by atoms with van der Waals surface area (Å²) in [6, 6.07) is 11.1. The zero-order valence-electron chi connectivity index (χ0n) is 15.9. The maximum Gasteiger partial charge on any atom is 0.326 e. The summed E-state index contributed by atoms with van der Waals surface area (Å²) in [7, 11) is 0. The first kappa shape index (κ1) is 21.9. The normalized spacial score (nSPS) is 15.0. The maximum atomic E-state index is 13.9. The summed E-state index contributed by atoms with van der Waals surface area (Å²) in [4.78, 5) is 37.1. The van der Waals surface area contributed by atoms with E-state index in [-0.39, 0.29) is 28.7 Å². The van der Waals surface area contributed by atoms with Crippen molar-refractivity contribution in [1.29, 1.82) is 0 Å². The van der Waals surface area contributed by atoms with Gasteiger partial charge >= 0.3 is 5.97 Å². The molecule has 156 valence electrons. The van der Waals surface area contributed by atoms with Crippen LogP contribution in [-0.4, -0.2) is 35.2 Å². The molecule has 3 rings (SSSR count). The molecule has 0 atom stereocenters. The lowest BCUT2D eigenvalue weighted by Gasteiger charge is -2.11. The molecule has 2 amide bonds. The van der Waals surface area contributed by atoms with Crippen molar-refractivity contribution in [3.8, 4) is 5.75 Å². The highest BCUT2D eigenvalue weighted by atomic mass is 35.5. The summed E-state index contributed by atoms with van der Waals surface area (Å²) in [6.07, 6.45) is 1.53. The summed E-state index contributed by atoms with van der Waals surface area (Å²) in [6.45, 7) is 1.31. The number of halogens is 2. The Bertz CT molecular complexity index is 1010. The molecule has 1 heterocycles. The standard InChI is InChI=1S/C21H17ClFNO5S/c1-2-28-19(25)11-24-20(26)18(30-21(24)27)10-13-5-3-6-14(9-13)29-12-15-16(22)7-4-8-17(15)23/h3-10H,2,11-12H2,1H3/b18-10+. The molecule has 0 radical (unpaired) electrons. The first-order valence-corrected chi connectivity index (χ1v) is 10.1. The third kappa shape index (κ3) is 5.20. The van der Waals surface area contributed by atoms with Crippen LogP contribution in [0, 0.1) is 5.82 Å². The molecule has 9 heteroatoms. The van der Waals surface area contributed by atoms with E-state index in [0.29, 0.717) is 11.3 Å². The maximum absolute atomic E-state index is 13.9. The van der Waals surface area contributed by atoms with Gasteiger partial charge in [0.2, 0.25) is 0 Å². The number of esters is 1. The van der Waals surface area contributed by atoms with Crippen molar-refractivity contribution in [2.24, 2.45) is 0 Å². The molecule has 1 saturated heterocycles. The van der Waals surface area contributed by atoms with Gasteiger partial charge in [-0.15, -0.1) is 0 Å². The Kier molecular flexibility index (Phi) is 7.12. The molecule has 0 bridgehead atoms. The van der Waals surface area contributed by atoms with Crippen molar-refractivity contribution in [1.82, 2.24) is 4.90 Å². The van der Waals surface area contributed by atoms with E-state index in [1.54, 1.807) is 37.3 Å². The van der Waals surface area contributed by atoms with Gasteiger partial charge < -0.3 is 9.47 Å². The molecule has 2 aromatic carbocycles. The number of benzene rings is 2. The Hall–Kier alpha value is -2.84. The van der Waals surface area contributed by atoms with Crippen LogP contribution in [0.25, 0.3) is 6.08 Å². The summed E-state index contributed by atoms with van der Waals surface area (Å²) >= 11 is 6.74. The van der Waals surface area contributed by atoms with Crippen LogP contribution < -0.4 is 4.74 Å². The minimum atomic E-state index is -0.650. The first-order chi connectivity index (χ1) is 14.4. The summed E-state index contributed by atoms with van der Waals surface area (Å²) in [5, 5.41) is -0.276. The average molecular weight is 450 g/mol. The fraction of sp³-hybridized carbons (Fsp3) is 0.190. The van der Waals surface area contributed by atoms with E-state index in [1.165, 1.54) is 18.2 Å².